The molecule has 5 rings (SSSR count). The number of nitrogens with zero attached hydrogens (tertiary/aromatic N) is 5. The number of allylic oxidation sites excluding steroid dienone is 1. The van der Waals surface area contributed by atoms with Crippen LogP contribution in [0.25, 0.3) is 17.2 Å². The molecule has 2 aromatic heterocycles. The van der Waals surface area contributed by atoms with Gasteiger partial charge in [-0.3, -0.25) is 9.78 Å². The van der Waals surface area contributed by atoms with Crippen LogP contribution in [-0.2, 0) is 23.0 Å². The molecule has 0 amide bonds. The Labute approximate surface area is 208 Å². The number of hydrogen-bond donors (Lipinski definition) is 0. The van der Waals surface area contributed by atoms with Crippen molar-refractivity contribution in [2.45, 2.75) is 45.6 Å². The number of hydrogen-bond acceptors (Lipinski definition) is 6. The highest BCUT2D eigenvalue weighted by atomic mass is 19.3. The van der Waals surface area contributed by atoms with Gasteiger partial charge in [-0.1, -0.05) is 43.3 Å². The summed E-state index contributed by atoms with van der Waals surface area (Å²) in [7, 11) is 1.60. The number of tetrazole rings is 1. The van der Waals surface area contributed by atoms with Gasteiger partial charge < -0.3 is 4.74 Å². The predicted molar refractivity (Wildman–Crippen MR) is 130 cm³/mol. The molecule has 2 fully saturated rings. The average Bonchev–Trinajstić information content (AvgIpc) is 3.34. The molecule has 1 aromatic carbocycles. The van der Waals surface area contributed by atoms with Gasteiger partial charge >= 0.3 is 5.97 Å². The molecule has 1 aliphatic carbocycles. The molecule has 0 spiro atoms. The number of ether oxygens (including phenoxy) is 1. The lowest BCUT2D eigenvalue weighted by molar-refractivity contribution is -0.171. The van der Waals surface area contributed by atoms with E-state index >= 15 is 8.78 Å². The second-order valence-corrected chi connectivity index (χ2v) is 10.1. The summed E-state index contributed by atoms with van der Waals surface area (Å²) in [4.78, 5) is 18.9. The smallest absolute Gasteiger partial charge is 0.313 e. The van der Waals surface area contributed by atoms with Gasteiger partial charge in [0.2, 0.25) is 0 Å². The largest absolute Gasteiger partial charge is 0.462 e. The molecule has 0 radical (unpaired) electrons. The third-order valence-electron chi connectivity index (χ3n) is 7.81. The van der Waals surface area contributed by atoms with Crippen molar-refractivity contribution in [3.8, 4) is 11.1 Å². The molecule has 36 heavy (non-hydrogen) atoms. The van der Waals surface area contributed by atoms with Crippen molar-refractivity contribution < 1.29 is 18.3 Å². The molecule has 0 unspecified atom stereocenters. The molecule has 0 N–H and O–H groups in total. The maximum Gasteiger partial charge on any atom is 0.313 e. The first-order valence-electron chi connectivity index (χ1n) is 12.1. The third kappa shape index (κ3) is 4.10. The number of rotatable bonds is 5. The summed E-state index contributed by atoms with van der Waals surface area (Å²) in [6.07, 6.45) is 4.18. The Morgan fingerprint density at radius 1 is 1.19 bits per heavy atom. The first-order chi connectivity index (χ1) is 17.1. The minimum atomic E-state index is -3.07. The number of carbonyl (C=O) groups is 1. The van der Waals surface area contributed by atoms with E-state index in [-0.39, 0.29) is 12.2 Å². The molecular formula is C27H29F2N5O2. The predicted octanol–water partition coefficient (Wildman–Crippen LogP) is 4.68. The zero-order valence-electron chi connectivity index (χ0n) is 20.7. The maximum atomic E-state index is 15.4. The van der Waals surface area contributed by atoms with Crippen molar-refractivity contribution >= 4 is 12.0 Å². The minimum Gasteiger partial charge on any atom is -0.462 e. The quantitative estimate of drug-likeness (QED) is 0.480. The Morgan fingerprint density at radius 2 is 1.97 bits per heavy atom. The highest BCUT2D eigenvalue weighted by Gasteiger charge is 2.68. The average molecular weight is 494 g/mol. The van der Waals surface area contributed by atoms with Crippen LogP contribution in [0.4, 0.5) is 8.78 Å². The zero-order chi connectivity index (χ0) is 25.7. The van der Waals surface area contributed by atoms with Crippen LogP contribution >= 0.6 is 0 Å². The van der Waals surface area contributed by atoms with Crippen molar-refractivity contribution in [1.29, 1.82) is 0 Å². The summed E-state index contributed by atoms with van der Waals surface area (Å²) in [5.41, 5.74) is 2.47. The van der Waals surface area contributed by atoms with E-state index in [0.717, 1.165) is 16.7 Å². The van der Waals surface area contributed by atoms with E-state index in [1.807, 2.05) is 43.3 Å². The number of carbonyl (C=O) groups excluding carboxylic acids is 1. The Balaban J connectivity index is 1.47. The number of cyclic esters (lactones) is 1. The standard InChI is InChI=1S/C27H29F2N5O2/c1-16-7-5-6-8-21(16)19-9-10-20(30-14-19)11-12-22-17(2)27(28,29)15-26(13-23-31-33-34(4)32-23)24(22)18(3)36-25(26)35/h5-12,14,17-18,22,24H,13,15H2,1-4H3/b12-11+/t17-,18+,22-,24-,26+/m0/s1. The topological polar surface area (TPSA) is 82.8 Å². The van der Waals surface area contributed by atoms with Crippen molar-refractivity contribution in [2.75, 3.05) is 0 Å². The normalized spacial score (nSPS) is 29.3. The lowest BCUT2D eigenvalue weighted by atomic mass is 9.55. The first-order valence-corrected chi connectivity index (χ1v) is 12.1. The summed E-state index contributed by atoms with van der Waals surface area (Å²) < 4.78 is 36.4. The monoisotopic (exact) mass is 493 g/mol. The van der Waals surface area contributed by atoms with Crippen LogP contribution < -0.4 is 0 Å². The third-order valence-corrected chi connectivity index (χ3v) is 7.81. The lowest BCUT2D eigenvalue weighted by Gasteiger charge is -2.47. The van der Waals surface area contributed by atoms with Gasteiger partial charge in [-0.05, 0) is 48.2 Å². The summed E-state index contributed by atoms with van der Waals surface area (Å²) in [6, 6.07) is 11.9. The molecule has 1 saturated heterocycles. The second-order valence-electron chi connectivity index (χ2n) is 10.1. The van der Waals surface area contributed by atoms with Gasteiger partial charge in [0.15, 0.2) is 5.82 Å². The molecule has 7 nitrogen and oxygen atoms in total. The number of alkyl halides is 2. The van der Waals surface area contributed by atoms with E-state index in [0.29, 0.717) is 5.69 Å². The van der Waals surface area contributed by atoms with Crippen LogP contribution in [0.3, 0.4) is 0 Å². The highest BCUT2D eigenvalue weighted by molar-refractivity contribution is 5.80. The van der Waals surface area contributed by atoms with Gasteiger partial charge in [0.1, 0.15) is 6.10 Å². The fourth-order valence-corrected chi connectivity index (χ4v) is 5.98. The van der Waals surface area contributed by atoms with Crippen molar-refractivity contribution in [3.05, 3.63) is 65.8 Å². The number of pyridine rings is 1. The number of aryl methyl sites for hydroxylation is 2. The van der Waals surface area contributed by atoms with Gasteiger partial charge in [0.05, 0.1) is 18.2 Å². The minimum absolute atomic E-state index is 0.0370. The molecule has 188 valence electrons. The summed E-state index contributed by atoms with van der Waals surface area (Å²) in [6.45, 7) is 5.37. The summed E-state index contributed by atoms with van der Waals surface area (Å²) >= 11 is 0. The van der Waals surface area contributed by atoms with Gasteiger partial charge in [-0.15, -0.1) is 10.2 Å². The van der Waals surface area contributed by atoms with Crippen molar-refractivity contribution in [3.63, 3.8) is 0 Å². The molecule has 1 saturated carbocycles. The van der Waals surface area contributed by atoms with Crippen LogP contribution in [-0.4, -0.2) is 43.2 Å². The SMILES string of the molecule is Cc1ccccc1-c1ccc(/C=C/[C@@H]2[C@@H]3[C@@H](C)OC(=O)[C@]3(Cc3nnn(C)n3)CC(F)(F)[C@H]2C)nc1. The van der Waals surface area contributed by atoms with Gasteiger partial charge in [-0.25, -0.2) is 8.78 Å². The van der Waals surface area contributed by atoms with Crippen LogP contribution in [0.5, 0.6) is 0 Å². The Morgan fingerprint density at radius 3 is 2.64 bits per heavy atom. The number of fused-ring (bicyclic) bond motifs is 1. The molecule has 2 aliphatic rings. The number of benzene rings is 1. The summed E-state index contributed by atoms with van der Waals surface area (Å²) in [5.74, 6) is -5.47. The van der Waals surface area contributed by atoms with Crippen molar-refractivity contribution in [1.82, 2.24) is 25.2 Å². The van der Waals surface area contributed by atoms with E-state index in [9.17, 15) is 4.79 Å². The Kier molecular flexibility index (Phi) is 5.97. The van der Waals surface area contributed by atoms with Crippen LogP contribution in [0.2, 0.25) is 0 Å². The number of esters is 1. The number of aromatic nitrogens is 5. The fraction of sp³-hybridized carbons (Fsp3) is 0.444. The Hall–Kier alpha value is -3.49. The molecule has 0 bridgehead atoms. The molecule has 3 heterocycles. The van der Waals surface area contributed by atoms with E-state index < -0.39 is 47.6 Å². The van der Waals surface area contributed by atoms with Gasteiger partial charge in [-0.2, -0.15) is 4.80 Å². The molecule has 5 atom stereocenters. The Bertz CT molecular complexity index is 1310. The summed E-state index contributed by atoms with van der Waals surface area (Å²) in [5, 5.41) is 11.9. The lowest BCUT2D eigenvalue weighted by Crippen LogP contribution is -2.54. The van der Waals surface area contributed by atoms with E-state index in [2.05, 4.69) is 20.4 Å². The van der Waals surface area contributed by atoms with Crippen LogP contribution in [0.1, 0.15) is 37.4 Å². The molecule has 1 aliphatic heterocycles. The number of halogens is 2. The van der Waals surface area contributed by atoms with Crippen LogP contribution in [0.15, 0.2) is 48.7 Å². The van der Waals surface area contributed by atoms with Crippen molar-refractivity contribution in [2.24, 2.45) is 30.2 Å². The molecular weight excluding hydrogens is 464 g/mol. The van der Waals surface area contributed by atoms with Crippen LogP contribution in [0, 0.1) is 30.1 Å². The molecule has 9 heteroatoms. The zero-order valence-corrected chi connectivity index (χ0v) is 20.7. The molecule has 3 aromatic rings. The van der Waals surface area contributed by atoms with E-state index in [4.69, 9.17) is 4.74 Å². The second kappa shape index (κ2) is 8.87. The fourth-order valence-electron chi connectivity index (χ4n) is 5.98. The highest BCUT2D eigenvalue weighted by Crippen LogP contribution is 2.60. The van der Waals surface area contributed by atoms with Gasteiger partial charge in [0, 0.05) is 36.4 Å². The van der Waals surface area contributed by atoms with E-state index in [1.165, 1.54) is 4.80 Å². The first kappa shape index (κ1) is 24.2. The van der Waals surface area contributed by atoms with E-state index in [1.54, 1.807) is 39.2 Å². The van der Waals surface area contributed by atoms with Gasteiger partial charge in [0.25, 0.3) is 5.92 Å². The maximum absolute atomic E-state index is 15.4.